The van der Waals surface area contributed by atoms with Crippen molar-refractivity contribution in [2.24, 2.45) is 5.73 Å². The summed E-state index contributed by atoms with van der Waals surface area (Å²) in [5, 5.41) is 0. The maximum Gasteiger partial charge on any atom is 0.221 e. The van der Waals surface area contributed by atoms with Crippen LogP contribution in [0.5, 0.6) is 17.2 Å². The number of amides is 1. The fraction of sp³-hybridized carbons (Fsp3) is 0.381. The van der Waals surface area contributed by atoms with Gasteiger partial charge in [0.2, 0.25) is 5.91 Å². The molecular formula is C21H27NO3. The van der Waals surface area contributed by atoms with Crippen LogP contribution >= 0.6 is 0 Å². The zero-order chi connectivity index (χ0) is 18.4. The van der Waals surface area contributed by atoms with Crippen LogP contribution in [0.4, 0.5) is 0 Å². The Morgan fingerprint density at radius 3 is 2.40 bits per heavy atom. The van der Waals surface area contributed by atoms with Crippen LogP contribution in [0.2, 0.25) is 0 Å². The summed E-state index contributed by atoms with van der Waals surface area (Å²) in [6.07, 6.45) is 1.15. The Hall–Kier alpha value is -2.49. The smallest absolute Gasteiger partial charge is 0.221 e. The van der Waals surface area contributed by atoms with Crippen LogP contribution in [-0.4, -0.2) is 12.5 Å². The quantitative estimate of drug-likeness (QED) is 0.801. The minimum Gasteiger partial charge on any atom is -0.493 e. The van der Waals surface area contributed by atoms with Crippen LogP contribution in [0.15, 0.2) is 42.5 Å². The van der Waals surface area contributed by atoms with E-state index < -0.39 is 0 Å². The van der Waals surface area contributed by atoms with Gasteiger partial charge >= 0.3 is 0 Å². The van der Waals surface area contributed by atoms with Gasteiger partial charge in [-0.05, 0) is 47.2 Å². The van der Waals surface area contributed by atoms with Gasteiger partial charge in [0.1, 0.15) is 17.2 Å². The molecule has 0 heterocycles. The van der Waals surface area contributed by atoms with E-state index in [4.69, 9.17) is 15.2 Å². The predicted octanol–water partition coefficient (Wildman–Crippen LogP) is 4.59. The first-order valence-electron chi connectivity index (χ1n) is 8.61. The van der Waals surface area contributed by atoms with Gasteiger partial charge in [0.15, 0.2) is 0 Å². The second-order valence-electron chi connectivity index (χ2n) is 7.18. The molecule has 0 aliphatic carbocycles. The molecule has 4 nitrogen and oxygen atoms in total. The van der Waals surface area contributed by atoms with Gasteiger partial charge in [0, 0.05) is 6.07 Å². The Kier molecular flexibility index (Phi) is 6.07. The van der Waals surface area contributed by atoms with E-state index in [0.717, 1.165) is 29.0 Å². The standard InChI is InChI=1S/C21H27NO3/c1-5-9-24-18-12-16(21(2,3)4)13-19(14-18)25-17-8-6-7-15(10-17)11-20(22)23/h6-8,10,12-14H,5,9,11H2,1-4H3,(H2,22,23). The summed E-state index contributed by atoms with van der Waals surface area (Å²) in [7, 11) is 0. The first kappa shape index (κ1) is 18.8. The van der Waals surface area contributed by atoms with Crippen molar-refractivity contribution in [3.05, 3.63) is 53.6 Å². The molecule has 0 unspecified atom stereocenters. The Balaban J connectivity index is 2.30. The van der Waals surface area contributed by atoms with Crippen molar-refractivity contribution in [1.82, 2.24) is 0 Å². The van der Waals surface area contributed by atoms with Gasteiger partial charge in [0.05, 0.1) is 13.0 Å². The summed E-state index contributed by atoms with van der Waals surface area (Å²) >= 11 is 0. The molecule has 0 bridgehead atoms. The molecule has 2 aromatic carbocycles. The third-order valence-electron chi connectivity index (χ3n) is 3.73. The average molecular weight is 341 g/mol. The summed E-state index contributed by atoms with van der Waals surface area (Å²) in [5.74, 6) is 1.83. The molecular weight excluding hydrogens is 314 g/mol. The highest BCUT2D eigenvalue weighted by Gasteiger charge is 2.17. The Morgan fingerprint density at radius 2 is 1.76 bits per heavy atom. The SMILES string of the molecule is CCCOc1cc(Oc2cccc(CC(N)=O)c2)cc(C(C)(C)C)c1. The molecule has 0 spiro atoms. The average Bonchev–Trinajstić information content (AvgIpc) is 2.51. The fourth-order valence-corrected chi connectivity index (χ4v) is 2.42. The lowest BCUT2D eigenvalue weighted by atomic mass is 9.87. The highest BCUT2D eigenvalue weighted by atomic mass is 16.5. The summed E-state index contributed by atoms with van der Waals surface area (Å²) in [4.78, 5) is 11.1. The first-order valence-corrected chi connectivity index (χ1v) is 8.61. The minimum absolute atomic E-state index is 0.0164. The van der Waals surface area contributed by atoms with Crippen LogP contribution in [0.1, 0.15) is 45.2 Å². The highest BCUT2D eigenvalue weighted by Crippen LogP contribution is 2.33. The van der Waals surface area contributed by atoms with E-state index in [1.807, 2.05) is 36.4 Å². The Labute approximate surface area is 150 Å². The summed E-state index contributed by atoms with van der Waals surface area (Å²) in [6, 6.07) is 13.4. The third-order valence-corrected chi connectivity index (χ3v) is 3.73. The topological polar surface area (TPSA) is 61.6 Å². The summed E-state index contributed by atoms with van der Waals surface area (Å²) in [6.45, 7) is 9.21. The van der Waals surface area contributed by atoms with Crippen molar-refractivity contribution in [2.75, 3.05) is 6.61 Å². The third kappa shape index (κ3) is 5.82. The monoisotopic (exact) mass is 341 g/mol. The summed E-state index contributed by atoms with van der Waals surface area (Å²) in [5.41, 5.74) is 7.22. The van der Waals surface area contributed by atoms with Gasteiger partial charge < -0.3 is 15.2 Å². The fourth-order valence-electron chi connectivity index (χ4n) is 2.42. The molecule has 1 amide bonds. The van der Waals surface area contributed by atoms with E-state index in [-0.39, 0.29) is 17.7 Å². The largest absolute Gasteiger partial charge is 0.493 e. The highest BCUT2D eigenvalue weighted by molar-refractivity contribution is 5.76. The lowest BCUT2D eigenvalue weighted by Crippen LogP contribution is -2.13. The Morgan fingerprint density at radius 1 is 1.04 bits per heavy atom. The van der Waals surface area contributed by atoms with Gasteiger partial charge in [-0.2, -0.15) is 0 Å². The molecule has 2 aromatic rings. The first-order chi connectivity index (χ1) is 11.8. The van der Waals surface area contributed by atoms with Crippen LogP contribution in [0, 0.1) is 0 Å². The molecule has 0 radical (unpaired) electrons. The van der Waals surface area contributed by atoms with Gasteiger partial charge in [-0.15, -0.1) is 0 Å². The van der Waals surface area contributed by atoms with Crippen molar-refractivity contribution in [3.8, 4) is 17.2 Å². The van der Waals surface area contributed by atoms with E-state index in [2.05, 4.69) is 33.8 Å². The number of rotatable bonds is 7. The van der Waals surface area contributed by atoms with E-state index in [9.17, 15) is 4.79 Å². The van der Waals surface area contributed by atoms with E-state index in [1.54, 1.807) is 0 Å². The molecule has 2 N–H and O–H groups in total. The molecule has 134 valence electrons. The molecule has 0 aromatic heterocycles. The molecule has 25 heavy (non-hydrogen) atoms. The number of hydrogen-bond acceptors (Lipinski definition) is 3. The van der Waals surface area contributed by atoms with E-state index in [0.29, 0.717) is 12.4 Å². The molecule has 0 saturated carbocycles. The molecule has 2 rings (SSSR count). The van der Waals surface area contributed by atoms with Crippen molar-refractivity contribution < 1.29 is 14.3 Å². The number of ether oxygens (including phenoxy) is 2. The molecule has 0 fully saturated rings. The van der Waals surface area contributed by atoms with Crippen LogP contribution in [0.25, 0.3) is 0 Å². The van der Waals surface area contributed by atoms with Crippen LogP contribution in [0.3, 0.4) is 0 Å². The second-order valence-corrected chi connectivity index (χ2v) is 7.18. The molecule has 0 atom stereocenters. The number of carbonyl (C=O) groups excluding carboxylic acids is 1. The number of primary amides is 1. The number of benzene rings is 2. The lowest BCUT2D eigenvalue weighted by molar-refractivity contribution is -0.117. The van der Waals surface area contributed by atoms with Crippen LogP contribution in [-0.2, 0) is 16.6 Å². The predicted molar refractivity (Wildman–Crippen MR) is 100 cm³/mol. The molecule has 0 aliphatic heterocycles. The maximum absolute atomic E-state index is 11.1. The van der Waals surface area contributed by atoms with Crippen LogP contribution < -0.4 is 15.2 Å². The van der Waals surface area contributed by atoms with Gasteiger partial charge in [-0.25, -0.2) is 0 Å². The zero-order valence-corrected chi connectivity index (χ0v) is 15.5. The normalized spacial score (nSPS) is 11.2. The van der Waals surface area contributed by atoms with Crippen molar-refractivity contribution in [1.29, 1.82) is 0 Å². The van der Waals surface area contributed by atoms with Gasteiger partial charge in [-0.3, -0.25) is 4.79 Å². The minimum atomic E-state index is -0.359. The van der Waals surface area contributed by atoms with E-state index >= 15 is 0 Å². The molecule has 0 saturated heterocycles. The van der Waals surface area contributed by atoms with Crippen molar-refractivity contribution >= 4 is 5.91 Å². The van der Waals surface area contributed by atoms with Gasteiger partial charge in [0.25, 0.3) is 0 Å². The zero-order valence-electron chi connectivity index (χ0n) is 15.5. The lowest BCUT2D eigenvalue weighted by Gasteiger charge is -2.21. The van der Waals surface area contributed by atoms with Crippen molar-refractivity contribution in [2.45, 2.75) is 46.0 Å². The summed E-state index contributed by atoms with van der Waals surface area (Å²) < 4.78 is 11.8. The Bertz CT molecular complexity index is 732. The molecule has 4 heteroatoms. The molecule has 0 aliphatic rings. The number of hydrogen-bond donors (Lipinski definition) is 1. The number of carbonyl (C=O) groups is 1. The van der Waals surface area contributed by atoms with Crippen molar-refractivity contribution in [3.63, 3.8) is 0 Å². The maximum atomic E-state index is 11.1. The number of nitrogens with two attached hydrogens (primary N) is 1. The van der Waals surface area contributed by atoms with Gasteiger partial charge in [-0.1, -0.05) is 39.8 Å². The second kappa shape index (κ2) is 8.06. The van der Waals surface area contributed by atoms with E-state index in [1.165, 1.54) is 0 Å².